The van der Waals surface area contributed by atoms with Gasteiger partial charge in [-0.15, -0.1) is 11.3 Å². The van der Waals surface area contributed by atoms with Crippen molar-refractivity contribution in [1.82, 2.24) is 9.55 Å². The Morgan fingerprint density at radius 2 is 1.49 bits per heavy atom. The number of aromatic nitrogens is 2. The molecule has 0 bridgehead atoms. The number of allylic oxidation sites excluding steroid dienone is 4. The number of carbonyl (C=O) groups excluding carboxylic acids is 3. The number of hydrogen-bond acceptors (Lipinski definition) is 8. The summed E-state index contributed by atoms with van der Waals surface area (Å²) in [7, 11) is 0. The first-order chi connectivity index (χ1) is 22.7. The summed E-state index contributed by atoms with van der Waals surface area (Å²) in [5, 5.41) is 5.68. The highest BCUT2D eigenvalue weighted by Gasteiger charge is 2.20. The Kier molecular flexibility index (Phi) is 8.17. The molecule has 7 rings (SSSR count). The van der Waals surface area contributed by atoms with Gasteiger partial charge >= 0.3 is 5.97 Å². The minimum Gasteiger partial charge on any atom is -0.318 e. The van der Waals surface area contributed by atoms with E-state index in [0.717, 1.165) is 54.9 Å². The van der Waals surface area contributed by atoms with Crippen LogP contribution in [0, 0.1) is 0 Å². The Bertz CT molecular complexity index is 2310. The van der Waals surface area contributed by atoms with Gasteiger partial charge in [0, 0.05) is 40.1 Å². The second kappa shape index (κ2) is 12.6. The summed E-state index contributed by atoms with van der Waals surface area (Å²) >= 11 is 3.35. The molecule has 0 saturated heterocycles. The van der Waals surface area contributed by atoms with Crippen molar-refractivity contribution in [2.45, 2.75) is 38.0 Å². The van der Waals surface area contributed by atoms with Gasteiger partial charge in [0.25, 0.3) is 0 Å². The van der Waals surface area contributed by atoms with Crippen molar-refractivity contribution in [2.24, 2.45) is 5.16 Å². The standard InChI is InChI=1S/C38H29N3O4S2/c1-22(40-45-24(3)43)25-8-14-29(15-9-25)41-34-18-12-27(23(2)42)20-31(34)32-21-28(13-19-35(32)41)37(44)26-10-16-30(17-11-26)46-38-39-33-6-4-5-7-36(33)47-38/h4-10,12-16,18-21H,11,17H2,1-3H3. The number of thioether (sulfide) groups is 1. The second-order valence-corrected chi connectivity index (χ2v) is 13.8. The lowest BCUT2D eigenvalue weighted by atomic mass is 9.95. The van der Waals surface area contributed by atoms with E-state index < -0.39 is 5.97 Å². The van der Waals surface area contributed by atoms with Gasteiger partial charge in [-0.2, -0.15) is 0 Å². The maximum absolute atomic E-state index is 13.8. The van der Waals surface area contributed by atoms with Crippen LogP contribution >= 0.6 is 23.1 Å². The number of thiazole rings is 1. The highest BCUT2D eigenvalue weighted by atomic mass is 32.2. The van der Waals surface area contributed by atoms with E-state index in [9.17, 15) is 14.4 Å². The van der Waals surface area contributed by atoms with E-state index in [2.05, 4.69) is 15.8 Å². The minimum absolute atomic E-state index is 0.00250. The van der Waals surface area contributed by atoms with E-state index in [0.29, 0.717) is 23.3 Å². The normalized spacial score (nSPS) is 13.6. The van der Waals surface area contributed by atoms with E-state index in [1.807, 2.05) is 91.0 Å². The number of nitrogens with zero attached hydrogens (tertiary/aromatic N) is 3. The van der Waals surface area contributed by atoms with Crippen LogP contribution in [0.1, 0.15) is 59.9 Å². The molecule has 0 unspecified atom stereocenters. The Balaban J connectivity index is 1.22. The summed E-state index contributed by atoms with van der Waals surface area (Å²) < 4.78 is 4.30. The first-order valence-corrected chi connectivity index (χ1v) is 16.8. The zero-order chi connectivity index (χ0) is 32.7. The molecule has 0 amide bonds. The molecular weight excluding hydrogens is 627 g/mol. The second-order valence-electron chi connectivity index (χ2n) is 11.4. The van der Waals surface area contributed by atoms with Crippen LogP contribution in [0.5, 0.6) is 0 Å². The summed E-state index contributed by atoms with van der Waals surface area (Å²) in [6.07, 6.45) is 5.42. The summed E-state index contributed by atoms with van der Waals surface area (Å²) in [4.78, 5) is 48.0. The third kappa shape index (κ3) is 6.07. The van der Waals surface area contributed by atoms with Gasteiger partial charge in [0.2, 0.25) is 0 Å². The smallest absolute Gasteiger partial charge is 0.318 e. The van der Waals surface area contributed by atoms with Gasteiger partial charge in [0.15, 0.2) is 15.9 Å². The average Bonchev–Trinajstić information content (AvgIpc) is 3.64. The number of hydrogen-bond donors (Lipinski definition) is 0. The number of carbonyl (C=O) groups is 3. The van der Waals surface area contributed by atoms with E-state index >= 15 is 0 Å². The molecule has 47 heavy (non-hydrogen) atoms. The average molecular weight is 656 g/mol. The van der Waals surface area contributed by atoms with E-state index in [4.69, 9.17) is 9.82 Å². The van der Waals surface area contributed by atoms with Crippen molar-refractivity contribution in [1.29, 1.82) is 0 Å². The van der Waals surface area contributed by atoms with Crippen LogP contribution in [-0.2, 0) is 9.63 Å². The molecule has 9 heteroatoms. The maximum atomic E-state index is 13.8. The molecule has 0 saturated carbocycles. The molecule has 2 heterocycles. The molecule has 2 aromatic heterocycles. The third-order valence-electron chi connectivity index (χ3n) is 8.18. The molecule has 0 fully saturated rings. The lowest BCUT2D eigenvalue weighted by Gasteiger charge is -2.13. The van der Waals surface area contributed by atoms with Crippen molar-refractivity contribution in [3.8, 4) is 5.69 Å². The van der Waals surface area contributed by atoms with Crippen molar-refractivity contribution in [3.63, 3.8) is 0 Å². The SMILES string of the molecule is CC(=O)ON=C(C)c1ccc(-n2c3ccc(C(C)=O)cc3c3cc(C(=O)C4=CC=C(Sc5nc6ccccc6s5)CC4)ccc32)cc1. The molecule has 6 aromatic rings. The predicted octanol–water partition coefficient (Wildman–Crippen LogP) is 9.46. The quantitative estimate of drug-likeness (QED) is 0.0702. The molecule has 0 N–H and O–H groups in total. The first-order valence-electron chi connectivity index (χ1n) is 15.1. The summed E-state index contributed by atoms with van der Waals surface area (Å²) in [6.45, 7) is 4.64. The van der Waals surface area contributed by atoms with E-state index in [-0.39, 0.29) is 11.6 Å². The number of para-hydroxylation sites is 1. The molecule has 1 aliphatic carbocycles. The monoisotopic (exact) mass is 655 g/mol. The van der Waals surface area contributed by atoms with Crippen LogP contribution in [0.15, 0.2) is 117 Å². The number of ketones is 2. The van der Waals surface area contributed by atoms with Crippen molar-refractivity contribution >= 4 is 78.4 Å². The first kappa shape index (κ1) is 30.5. The largest absolute Gasteiger partial charge is 0.331 e. The molecule has 7 nitrogen and oxygen atoms in total. The predicted molar refractivity (Wildman–Crippen MR) is 190 cm³/mol. The Labute approximate surface area is 279 Å². The van der Waals surface area contributed by atoms with Crippen molar-refractivity contribution < 1.29 is 19.2 Å². The van der Waals surface area contributed by atoms with Gasteiger partial charge in [-0.1, -0.05) is 53.3 Å². The van der Waals surface area contributed by atoms with Gasteiger partial charge in [-0.05, 0) is 97.8 Å². The summed E-state index contributed by atoms with van der Waals surface area (Å²) in [6, 6.07) is 27.4. The fourth-order valence-electron chi connectivity index (χ4n) is 5.78. The zero-order valence-corrected chi connectivity index (χ0v) is 27.6. The molecule has 0 spiro atoms. The van der Waals surface area contributed by atoms with Crippen molar-refractivity contribution in [2.75, 3.05) is 0 Å². The van der Waals surface area contributed by atoms with Crippen molar-refractivity contribution in [3.05, 3.63) is 124 Å². The number of Topliss-reactive ketones (excluding diaryl/α,β-unsaturated/α-hetero) is 2. The molecule has 0 atom stereocenters. The molecule has 4 aromatic carbocycles. The lowest BCUT2D eigenvalue weighted by molar-refractivity contribution is -0.140. The summed E-state index contributed by atoms with van der Waals surface area (Å²) in [5.41, 5.74) is 7.14. The fourth-order valence-corrected chi connectivity index (χ4v) is 7.95. The topological polar surface area (TPSA) is 90.6 Å². The van der Waals surface area contributed by atoms with Gasteiger partial charge in [0.1, 0.15) is 0 Å². The Morgan fingerprint density at radius 1 is 0.809 bits per heavy atom. The number of rotatable bonds is 8. The maximum Gasteiger partial charge on any atom is 0.331 e. The highest BCUT2D eigenvalue weighted by Crippen LogP contribution is 2.39. The van der Waals surface area contributed by atoms with Crippen LogP contribution in [0.25, 0.3) is 37.7 Å². The van der Waals surface area contributed by atoms with Crippen LogP contribution in [0.3, 0.4) is 0 Å². The van der Waals surface area contributed by atoms with Gasteiger partial charge < -0.3 is 9.40 Å². The van der Waals surface area contributed by atoms with Gasteiger partial charge in [-0.3, -0.25) is 9.59 Å². The van der Waals surface area contributed by atoms with E-state index in [1.165, 1.54) is 16.5 Å². The Hall–Kier alpha value is -5.12. The van der Waals surface area contributed by atoms with Crippen LogP contribution < -0.4 is 0 Å². The minimum atomic E-state index is -0.477. The fraction of sp³-hybridized carbons (Fsp3) is 0.132. The lowest BCUT2D eigenvalue weighted by Crippen LogP contribution is -2.06. The zero-order valence-electron chi connectivity index (χ0n) is 25.9. The Morgan fingerprint density at radius 3 is 2.15 bits per heavy atom. The van der Waals surface area contributed by atoms with Gasteiger partial charge in [0.05, 0.1) is 27.0 Å². The highest BCUT2D eigenvalue weighted by molar-refractivity contribution is 8.04. The van der Waals surface area contributed by atoms with Gasteiger partial charge in [-0.25, -0.2) is 9.78 Å². The summed E-state index contributed by atoms with van der Waals surface area (Å²) in [5.74, 6) is -0.497. The number of benzene rings is 4. The third-order valence-corrected chi connectivity index (χ3v) is 10.4. The molecular formula is C38H29N3O4S2. The number of oxime groups is 1. The number of fused-ring (bicyclic) bond motifs is 4. The van der Waals surface area contributed by atoms with Crippen LogP contribution in [0.2, 0.25) is 0 Å². The van der Waals surface area contributed by atoms with E-state index in [1.54, 1.807) is 36.9 Å². The molecule has 1 aliphatic rings. The molecule has 0 aliphatic heterocycles. The van der Waals surface area contributed by atoms with Crippen LogP contribution in [0.4, 0.5) is 0 Å². The van der Waals surface area contributed by atoms with Crippen LogP contribution in [-0.4, -0.2) is 32.8 Å². The molecule has 232 valence electrons. The molecule has 0 radical (unpaired) electrons.